The minimum absolute atomic E-state index is 0.0405. The number of thiophene rings is 1. The van der Waals surface area contributed by atoms with Gasteiger partial charge >= 0.3 is 0 Å². The van der Waals surface area contributed by atoms with Crippen LogP contribution in [0.1, 0.15) is 22.0 Å². The quantitative estimate of drug-likeness (QED) is 0.892. The average molecular weight is 323 g/mol. The molecule has 0 aliphatic carbocycles. The topological polar surface area (TPSA) is 55.1 Å². The van der Waals surface area contributed by atoms with Crippen molar-refractivity contribution in [2.45, 2.75) is 12.5 Å². The summed E-state index contributed by atoms with van der Waals surface area (Å²) in [6.07, 6.45) is 0.437. The fourth-order valence-electron chi connectivity index (χ4n) is 2.13. The Morgan fingerprint density at radius 3 is 3.00 bits per heavy atom. The second-order valence-corrected chi connectivity index (χ2v) is 6.08. The van der Waals surface area contributed by atoms with Gasteiger partial charge in [0.15, 0.2) is 0 Å². The van der Waals surface area contributed by atoms with Crippen LogP contribution in [-0.4, -0.2) is 5.91 Å². The number of benzene rings is 1. The third-order valence-electron chi connectivity index (χ3n) is 3.03. The SMILES string of the molecule is NC(c1cccs1)c1cc2c(cc1Br)NC(=O)C2. The standard InChI is InChI=1S/C13H11BrN2OS/c14-9-6-10-7(5-12(17)16-10)4-8(9)13(15)11-2-1-3-18-11/h1-4,6,13H,5,15H2,(H,16,17). The summed E-state index contributed by atoms with van der Waals surface area (Å²) >= 11 is 5.17. The molecule has 0 fully saturated rings. The van der Waals surface area contributed by atoms with Crippen molar-refractivity contribution >= 4 is 38.9 Å². The minimum Gasteiger partial charge on any atom is -0.325 e. The van der Waals surface area contributed by atoms with Gasteiger partial charge in [0.25, 0.3) is 0 Å². The van der Waals surface area contributed by atoms with Crippen molar-refractivity contribution in [3.8, 4) is 0 Å². The minimum atomic E-state index is -0.152. The van der Waals surface area contributed by atoms with E-state index in [1.165, 1.54) is 0 Å². The number of carbonyl (C=O) groups excluding carboxylic acids is 1. The third kappa shape index (κ3) is 1.98. The summed E-state index contributed by atoms with van der Waals surface area (Å²) in [5.74, 6) is 0.0405. The van der Waals surface area contributed by atoms with E-state index in [4.69, 9.17) is 5.73 Å². The summed E-state index contributed by atoms with van der Waals surface area (Å²) in [7, 11) is 0. The zero-order chi connectivity index (χ0) is 12.7. The molecule has 2 heterocycles. The van der Waals surface area contributed by atoms with E-state index in [1.807, 2.05) is 29.6 Å². The molecule has 1 unspecified atom stereocenters. The van der Waals surface area contributed by atoms with Gasteiger partial charge in [-0.3, -0.25) is 4.79 Å². The van der Waals surface area contributed by atoms with Crippen LogP contribution in [0, 0.1) is 0 Å². The number of rotatable bonds is 2. The lowest BCUT2D eigenvalue weighted by Gasteiger charge is -2.14. The fraction of sp³-hybridized carbons (Fsp3) is 0.154. The molecular formula is C13H11BrN2OS. The van der Waals surface area contributed by atoms with E-state index in [2.05, 4.69) is 21.2 Å². The molecule has 3 nitrogen and oxygen atoms in total. The van der Waals surface area contributed by atoms with Crippen molar-refractivity contribution in [2.75, 3.05) is 5.32 Å². The van der Waals surface area contributed by atoms with E-state index in [1.54, 1.807) is 11.3 Å². The zero-order valence-corrected chi connectivity index (χ0v) is 11.8. The number of anilines is 1. The molecule has 3 N–H and O–H groups in total. The predicted octanol–water partition coefficient (Wildman–Crippen LogP) is 3.05. The van der Waals surface area contributed by atoms with Gasteiger partial charge in [0, 0.05) is 15.0 Å². The Morgan fingerprint density at radius 1 is 1.44 bits per heavy atom. The highest BCUT2D eigenvalue weighted by molar-refractivity contribution is 9.10. The van der Waals surface area contributed by atoms with Gasteiger partial charge in [-0.15, -0.1) is 11.3 Å². The van der Waals surface area contributed by atoms with Crippen LogP contribution in [0.4, 0.5) is 5.69 Å². The average Bonchev–Trinajstić information content (AvgIpc) is 2.94. The van der Waals surface area contributed by atoms with Gasteiger partial charge in [-0.2, -0.15) is 0 Å². The van der Waals surface area contributed by atoms with E-state index < -0.39 is 0 Å². The number of amides is 1. The molecule has 0 saturated heterocycles. The Morgan fingerprint density at radius 2 is 2.28 bits per heavy atom. The van der Waals surface area contributed by atoms with Crippen molar-refractivity contribution < 1.29 is 4.79 Å². The summed E-state index contributed by atoms with van der Waals surface area (Å²) < 4.78 is 0.935. The molecular weight excluding hydrogens is 312 g/mol. The molecule has 1 aromatic heterocycles. The number of fused-ring (bicyclic) bond motifs is 1. The summed E-state index contributed by atoms with van der Waals surface area (Å²) in [5, 5.41) is 4.85. The Hall–Kier alpha value is -1.17. The summed E-state index contributed by atoms with van der Waals surface area (Å²) in [6.45, 7) is 0. The molecule has 2 aromatic rings. The Balaban J connectivity index is 2.03. The lowest BCUT2D eigenvalue weighted by atomic mass is 10.0. The molecule has 0 spiro atoms. The Bertz CT molecular complexity index is 610. The van der Waals surface area contributed by atoms with Crippen LogP contribution in [0.25, 0.3) is 0 Å². The molecule has 92 valence electrons. The highest BCUT2D eigenvalue weighted by Crippen LogP contribution is 2.35. The normalized spacial score (nSPS) is 15.3. The van der Waals surface area contributed by atoms with Gasteiger partial charge < -0.3 is 11.1 Å². The highest BCUT2D eigenvalue weighted by Gasteiger charge is 2.22. The third-order valence-corrected chi connectivity index (χ3v) is 4.67. The van der Waals surface area contributed by atoms with Gasteiger partial charge in [-0.1, -0.05) is 28.1 Å². The maximum absolute atomic E-state index is 11.4. The van der Waals surface area contributed by atoms with Crippen molar-refractivity contribution in [1.29, 1.82) is 0 Å². The van der Waals surface area contributed by atoms with Crippen LogP contribution >= 0.6 is 27.3 Å². The lowest BCUT2D eigenvalue weighted by molar-refractivity contribution is -0.115. The molecule has 1 aromatic carbocycles. The first kappa shape index (κ1) is 11.9. The molecule has 0 bridgehead atoms. The number of nitrogens with one attached hydrogen (secondary N) is 1. The molecule has 1 aliphatic heterocycles. The van der Waals surface area contributed by atoms with Crippen LogP contribution in [-0.2, 0) is 11.2 Å². The molecule has 3 rings (SSSR count). The molecule has 1 atom stereocenters. The molecule has 0 saturated carbocycles. The largest absolute Gasteiger partial charge is 0.325 e. The second-order valence-electron chi connectivity index (χ2n) is 4.25. The fourth-order valence-corrected chi connectivity index (χ4v) is 3.46. The number of hydrogen-bond acceptors (Lipinski definition) is 3. The van der Waals surface area contributed by atoms with Gasteiger partial charge in [0.05, 0.1) is 12.5 Å². The molecule has 5 heteroatoms. The number of nitrogens with two attached hydrogens (primary N) is 1. The zero-order valence-electron chi connectivity index (χ0n) is 9.44. The lowest BCUT2D eigenvalue weighted by Crippen LogP contribution is -2.11. The first-order valence-corrected chi connectivity index (χ1v) is 7.23. The second kappa shape index (κ2) is 4.50. The van der Waals surface area contributed by atoms with E-state index in [0.29, 0.717) is 6.42 Å². The van der Waals surface area contributed by atoms with E-state index >= 15 is 0 Å². The van der Waals surface area contributed by atoms with Crippen molar-refractivity contribution in [2.24, 2.45) is 5.73 Å². The Labute approximate surface area is 117 Å². The van der Waals surface area contributed by atoms with Gasteiger partial charge in [0.2, 0.25) is 5.91 Å². The van der Waals surface area contributed by atoms with Gasteiger partial charge in [-0.05, 0) is 28.6 Å². The van der Waals surface area contributed by atoms with Crippen molar-refractivity contribution in [3.63, 3.8) is 0 Å². The molecule has 1 aliphatic rings. The highest BCUT2D eigenvalue weighted by atomic mass is 79.9. The Kier molecular flexibility index (Phi) is 2.97. The van der Waals surface area contributed by atoms with Crippen molar-refractivity contribution in [1.82, 2.24) is 0 Å². The predicted molar refractivity (Wildman–Crippen MR) is 76.8 cm³/mol. The van der Waals surface area contributed by atoms with Crippen LogP contribution in [0.5, 0.6) is 0 Å². The molecule has 18 heavy (non-hydrogen) atoms. The van der Waals surface area contributed by atoms with Gasteiger partial charge in [0.1, 0.15) is 0 Å². The van der Waals surface area contributed by atoms with E-state index in [0.717, 1.165) is 26.2 Å². The maximum Gasteiger partial charge on any atom is 0.228 e. The van der Waals surface area contributed by atoms with E-state index in [-0.39, 0.29) is 11.9 Å². The van der Waals surface area contributed by atoms with Crippen LogP contribution in [0.15, 0.2) is 34.1 Å². The monoisotopic (exact) mass is 322 g/mol. The molecule has 0 radical (unpaired) electrons. The molecule has 1 amide bonds. The van der Waals surface area contributed by atoms with Crippen LogP contribution < -0.4 is 11.1 Å². The first-order valence-electron chi connectivity index (χ1n) is 5.56. The number of halogens is 1. The smallest absolute Gasteiger partial charge is 0.228 e. The van der Waals surface area contributed by atoms with Gasteiger partial charge in [-0.25, -0.2) is 0 Å². The van der Waals surface area contributed by atoms with Crippen molar-refractivity contribution in [3.05, 3.63) is 50.1 Å². The van der Waals surface area contributed by atoms with Crippen LogP contribution in [0.2, 0.25) is 0 Å². The summed E-state index contributed by atoms with van der Waals surface area (Å²) in [4.78, 5) is 12.5. The number of hydrogen-bond donors (Lipinski definition) is 2. The maximum atomic E-state index is 11.4. The van der Waals surface area contributed by atoms with E-state index in [9.17, 15) is 4.79 Å². The number of carbonyl (C=O) groups is 1. The first-order chi connectivity index (χ1) is 8.65. The summed E-state index contributed by atoms with van der Waals surface area (Å²) in [5.41, 5.74) is 9.19. The summed E-state index contributed by atoms with van der Waals surface area (Å²) in [6, 6.07) is 7.82. The van der Waals surface area contributed by atoms with Crippen LogP contribution in [0.3, 0.4) is 0 Å².